The maximum atomic E-state index is 13.9. The molecule has 4 aliphatic rings. The molecule has 1 N–H and O–H groups in total. The molecule has 42 heavy (non-hydrogen) atoms. The Balaban J connectivity index is 1.18. The van der Waals surface area contributed by atoms with E-state index in [1.165, 1.54) is 40.5 Å². The first-order valence-electron chi connectivity index (χ1n) is 13.9. The van der Waals surface area contributed by atoms with Gasteiger partial charge in [0.1, 0.15) is 18.2 Å². The Kier molecular flexibility index (Phi) is 6.14. The maximum Gasteiger partial charge on any atom is 0.305 e. The smallest absolute Gasteiger partial charge is 0.305 e. The third kappa shape index (κ3) is 3.93. The normalized spacial score (nSPS) is 29.0. The second kappa shape index (κ2) is 9.82. The number of para-hydroxylation sites is 1. The van der Waals surface area contributed by atoms with Crippen LogP contribution in [0, 0.1) is 35.4 Å². The first kappa shape index (κ1) is 26.2. The van der Waals surface area contributed by atoms with Gasteiger partial charge in [0, 0.05) is 26.6 Å². The molecule has 0 radical (unpaired) electrons. The largest absolute Gasteiger partial charge is 0.489 e. The number of nitrogens with one attached hydrogen (secondary N) is 1. The van der Waals surface area contributed by atoms with Crippen LogP contribution in [-0.2, 0) is 16.2 Å². The number of H-pyrrole nitrogens is 1. The van der Waals surface area contributed by atoms with Gasteiger partial charge >= 0.3 is 4.87 Å². The van der Waals surface area contributed by atoms with Gasteiger partial charge in [0.2, 0.25) is 11.8 Å². The van der Waals surface area contributed by atoms with Crippen molar-refractivity contribution in [3.05, 3.63) is 109 Å². The monoisotopic (exact) mass is 618 g/mol. The number of nitrogens with zero attached hydrogens (tertiary/aromatic N) is 1. The lowest BCUT2D eigenvalue weighted by Crippen LogP contribution is -2.42. The second-order valence-corrected chi connectivity index (χ2v) is 14.0. The Labute approximate surface area is 253 Å². The van der Waals surface area contributed by atoms with Crippen molar-refractivity contribution in [3.8, 4) is 5.75 Å². The van der Waals surface area contributed by atoms with E-state index in [9.17, 15) is 18.8 Å². The molecular weight excluding hydrogens is 595 g/mol. The summed E-state index contributed by atoms with van der Waals surface area (Å²) in [5, 5.41) is 1.57. The van der Waals surface area contributed by atoms with Crippen molar-refractivity contribution in [2.24, 2.45) is 29.6 Å². The van der Waals surface area contributed by atoms with Crippen LogP contribution >= 0.6 is 34.7 Å². The van der Waals surface area contributed by atoms with Gasteiger partial charge in [-0.25, -0.2) is 4.39 Å². The summed E-state index contributed by atoms with van der Waals surface area (Å²) in [5.41, 5.74) is 2.38. The second-order valence-electron chi connectivity index (χ2n) is 11.4. The van der Waals surface area contributed by atoms with Gasteiger partial charge < -0.3 is 9.72 Å². The molecule has 2 aliphatic carbocycles. The lowest BCUT2D eigenvalue weighted by atomic mass is 9.68. The molecule has 7 atom stereocenters. The average molecular weight is 619 g/mol. The van der Waals surface area contributed by atoms with E-state index in [4.69, 9.17) is 16.3 Å². The Morgan fingerprint density at radius 1 is 0.929 bits per heavy atom. The van der Waals surface area contributed by atoms with Crippen molar-refractivity contribution in [1.82, 2.24) is 4.98 Å². The highest BCUT2D eigenvalue weighted by Crippen LogP contribution is 2.69. The highest BCUT2D eigenvalue weighted by Gasteiger charge is 2.69. The fraction of sp³-hybridized carbons (Fsp3) is 0.281. The maximum absolute atomic E-state index is 13.9. The zero-order valence-electron chi connectivity index (χ0n) is 22.0. The molecule has 3 aromatic carbocycles. The topological polar surface area (TPSA) is 79.5 Å². The van der Waals surface area contributed by atoms with Gasteiger partial charge in [0.15, 0.2) is 0 Å². The first-order chi connectivity index (χ1) is 20.4. The van der Waals surface area contributed by atoms with E-state index in [1.54, 1.807) is 11.8 Å². The molecule has 212 valence electrons. The highest BCUT2D eigenvalue weighted by molar-refractivity contribution is 8.00. The van der Waals surface area contributed by atoms with Crippen molar-refractivity contribution in [3.63, 3.8) is 0 Å². The van der Waals surface area contributed by atoms with Crippen molar-refractivity contribution < 1.29 is 18.7 Å². The number of rotatable bonds is 5. The number of aromatic nitrogens is 1. The van der Waals surface area contributed by atoms with Gasteiger partial charge in [-0.2, -0.15) is 0 Å². The number of amides is 2. The van der Waals surface area contributed by atoms with Gasteiger partial charge in [-0.1, -0.05) is 53.3 Å². The Hall–Kier alpha value is -3.40. The van der Waals surface area contributed by atoms with E-state index in [0.29, 0.717) is 17.3 Å². The fourth-order valence-corrected chi connectivity index (χ4v) is 10.8. The van der Waals surface area contributed by atoms with Gasteiger partial charge in [-0.15, -0.1) is 11.8 Å². The quantitative estimate of drug-likeness (QED) is 0.259. The lowest BCUT2D eigenvalue weighted by Gasteiger charge is -2.43. The number of imide groups is 1. The van der Waals surface area contributed by atoms with Crippen LogP contribution in [0.1, 0.15) is 28.3 Å². The SMILES string of the molecule is O=C1C2C(C(=O)N1c1ccc(F)cc1)[C@@H]1C[C@H]2C2Sc3[nH]c(=O)sc3C(c3ccccc3OCc3ccc(Cl)cc3)C21. The van der Waals surface area contributed by atoms with Crippen LogP contribution in [0.25, 0.3) is 0 Å². The fourth-order valence-electron chi connectivity index (χ4n) is 7.82. The number of hydrogen-bond acceptors (Lipinski definition) is 6. The summed E-state index contributed by atoms with van der Waals surface area (Å²) in [4.78, 5) is 45.5. The third-order valence-corrected chi connectivity index (χ3v) is 12.2. The molecule has 2 aliphatic heterocycles. The summed E-state index contributed by atoms with van der Waals surface area (Å²) >= 11 is 8.93. The number of carbonyl (C=O) groups excluding carboxylic acids is 2. The number of anilines is 1. The predicted octanol–water partition coefficient (Wildman–Crippen LogP) is 6.49. The molecule has 3 heterocycles. The van der Waals surface area contributed by atoms with E-state index < -0.39 is 17.7 Å². The lowest BCUT2D eigenvalue weighted by molar-refractivity contribution is -0.123. The highest BCUT2D eigenvalue weighted by atomic mass is 35.5. The number of aromatic amines is 1. The zero-order valence-corrected chi connectivity index (χ0v) is 24.4. The van der Waals surface area contributed by atoms with E-state index >= 15 is 0 Å². The van der Waals surface area contributed by atoms with Crippen molar-refractivity contribution in [1.29, 1.82) is 0 Å². The molecule has 10 heteroatoms. The van der Waals surface area contributed by atoms with Crippen LogP contribution in [0.15, 0.2) is 82.6 Å². The molecule has 1 aromatic heterocycles. The molecule has 0 spiro atoms. The number of thiazole rings is 1. The van der Waals surface area contributed by atoms with Crippen LogP contribution in [0.2, 0.25) is 5.02 Å². The van der Waals surface area contributed by atoms with Crippen LogP contribution in [0.5, 0.6) is 5.75 Å². The molecule has 8 rings (SSSR count). The number of fused-ring (bicyclic) bond motifs is 9. The number of halogens is 2. The minimum absolute atomic E-state index is 0.00176. The van der Waals surface area contributed by atoms with Gasteiger partial charge in [-0.05, 0) is 72.2 Å². The van der Waals surface area contributed by atoms with Gasteiger partial charge in [-0.3, -0.25) is 19.3 Å². The van der Waals surface area contributed by atoms with Gasteiger partial charge in [0.05, 0.1) is 22.5 Å². The number of thioether (sulfide) groups is 1. The number of carbonyl (C=O) groups is 2. The van der Waals surface area contributed by atoms with Crippen molar-refractivity contribution in [2.45, 2.75) is 29.2 Å². The minimum Gasteiger partial charge on any atom is -0.489 e. The van der Waals surface area contributed by atoms with E-state index in [1.807, 2.05) is 42.5 Å². The molecule has 2 amide bonds. The predicted molar refractivity (Wildman–Crippen MR) is 160 cm³/mol. The third-order valence-electron chi connectivity index (χ3n) is 9.37. The Morgan fingerprint density at radius 2 is 1.64 bits per heavy atom. The van der Waals surface area contributed by atoms with E-state index in [-0.39, 0.29) is 45.6 Å². The standard InChI is InChI=1S/C32H24ClFN2O4S2/c33-16-7-5-15(6-8-16)14-40-22-4-2-1-3-19(22)23-24-20-13-21(27(24)41-29-28(23)42-32(39)35-29)26-25(20)30(37)36(31(26)38)18-11-9-17(34)10-12-18/h1-12,20-21,23-27H,13-14H2,(H,35,39)/t20-,21-,23?,24?,25?,26?,27?/m1/s1. The minimum atomic E-state index is -0.434. The number of benzene rings is 3. The van der Waals surface area contributed by atoms with E-state index in [2.05, 4.69) is 11.1 Å². The molecule has 4 aromatic rings. The van der Waals surface area contributed by atoms with Crippen LogP contribution in [0.4, 0.5) is 10.1 Å². The molecule has 1 saturated heterocycles. The summed E-state index contributed by atoms with van der Waals surface area (Å²) in [5.74, 6) is -1.07. The average Bonchev–Trinajstić information content (AvgIpc) is 3.72. The summed E-state index contributed by atoms with van der Waals surface area (Å²) in [6.07, 6.45) is 0.788. The first-order valence-corrected chi connectivity index (χ1v) is 16.0. The van der Waals surface area contributed by atoms with Crippen LogP contribution in [0.3, 0.4) is 0 Å². The summed E-state index contributed by atoms with van der Waals surface area (Å²) < 4.78 is 20.0. The van der Waals surface area contributed by atoms with Crippen LogP contribution < -0.4 is 14.5 Å². The van der Waals surface area contributed by atoms with Crippen molar-refractivity contribution in [2.75, 3.05) is 4.90 Å². The van der Waals surface area contributed by atoms with Crippen molar-refractivity contribution >= 4 is 52.2 Å². The molecule has 5 unspecified atom stereocenters. The Morgan fingerprint density at radius 3 is 2.40 bits per heavy atom. The number of ether oxygens (including phenoxy) is 1. The van der Waals surface area contributed by atoms with E-state index in [0.717, 1.165) is 33.2 Å². The molecule has 6 nitrogen and oxygen atoms in total. The summed E-state index contributed by atoms with van der Waals surface area (Å²) in [6.45, 7) is 0.357. The summed E-state index contributed by atoms with van der Waals surface area (Å²) in [6, 6.07) is 21.0. The molecule has 3 fully saturated rings. The van der Waals surface area contributed by atoms with Gasteiger partial charge in [0.25, 0.3) is 0 Å². The zero-order chi connectivity index (χ0) is 28.7. The Bertz CT molecular complexity index is 1790. The number of hydrogen-bond donors (Lipinski definition) is 1. The molecule has 2 saturated carbocycles. The summed E-state index contributed by atoms with van der Waals surface area (Å²) in [7, 11) is 0. The molecule has 2 bridgehead atoms. The molecular formula is C32H24ClFN2O4S2. The van der Waals surface area contributed by atoms with Crippen LogP contribution in [-0.4, -0.2) is 22.0 Å².